The van der Waals surface area contributed by atoms with E-state index >= 15 is 0 Å². The lowest BCUT2D eigenvalue weighted by molar-refractivity contribution is 0.110. The third kappa shape index (κ3) is 10.5. The molecule has 0 saturated heterocycles. The molecule has 254 valence electrons. The Morgan fingerprint density at radius 1 is 0.755 bits per heavy atom. The first-order valence-corrected chi connectivity index (χ1v) is 18.5. The molecule has 5 aromatic carbocycles. The molecule has 0 aliphatic carbocycles. The van der Waals surface area contributed by atoms with Crippen LogP contribution in [0.2, 0.25) is 0 Å². The van der Waals surface area contributed by atoms with Gasteiger partial charge in [-0.3, -0.25) is 4.52 Å². The van der Waals surface area contributed by atoms with Crippen molar-refractivity contribution in [2.45, 2.75) is 25.7 Å². The van der Waals surface area contributed by atoms with Gasteiger partial charge < -0.3 is 33.7 Å². The monoisotopic (exact) mass is 907 g/mol. The summed E-state index contributed by atoms with van der Waals surface area (Å²) in [7, 11) is -2.77. The molecule has 0 bridgehead atoms. The minimum atomic E-state index is -4.40. The van der Waals surface area contributed by atoms with Crippen LogP contribution in [0.15, 0.2) is 121 Å². The van der Waals surface area contributed by atoms with Gasteiger partial charge in [-0.05, 0) is 136 Å². The number of benzene rings is 5. The predicted octanol–water partition coefficient (Wildman–Crippen LogP) is 10.3. The van der Waals surface area contributed by atoms with Crippen molar-refractivity contribution < 1.29 is 42.2 Å². The van der Waals surface area contributed by atoms with Gasteiger partial charge in [0.1, 0.15) is 41.5 Å². The number of ether oxygens (including phenoxy) is 3. The van der Waals surface area contributed by atoms with E-state index in [1.165, 1.54) is 0 Å². The average Bonchev–Trinajstić information content (AvgIpc) is 3.09. The van der Waals surface area contributed by atoms with E-state index < -0.39 is 26.1 Å². The van der Waals surface area contributed by atoms with Crippen LogP contribution in [0.5, 0.6) is 34.5 Å². The molecule has 1 amide bonds. The maximum absolute atomic E-state index is 14.3. The van der Waals surface area contributed by atoms with Crippen molar-refractivity contribution in [2.24, 2.45) is 0 Å². The second-order valence-electron chi connectivity index (χ2n) is 10.5. The summed E-state index contributed by atoms with van der Waals surface area (Å²) < 4.78 is 50.9. The zero-order valence-electron chi connectivity index (χ0n) is 26.3. The van der Waals surface area contributed by atoms with Gasteiger partial charge in [0.2, 0.25) is 0 Å². The van der Waals surface area contributed by atoms with E-state index in [0.29, 0.717) is 36.6 Å². The topological polar surface area (TPSA) is 122 Å². The van der Waals surface area contributed by atoms with Crippen LogP contribution in [0.4, 0.5) is 4.79 Å². The van der Waals surface area contributed by atoms with Crippen molar-refractivity contribution >= 4 is 59.1 Å². The zero-order valence-corrected chi connectivity index (χ0v) is 31.5. The van der Waals surface area contributed by atoms with Crippen molar-refractivity contribution in [1.82, 2.24) is 5.32 Å². The maximum atomic E-state index is 14.3. The van der Waals surface area contributed by atoms with Gasteiger partial charge in [-0.15, -0.1) is 0 Å². The number of phosphoric ester groups is 1. The first-order chi connectivity index (χ1) is 23.6. The Hall–Kier alpha value is -3.98. The van der Waals surface area contributed by atoms with Crippen molar-refractivity contribution in [3.63, 3.8) is 0 Å². The predicted molar refractivity (Wildman–Crippen MR) is 202 cm³/mol. The van der Waals surface area contributed by atoms with Gasteiger partial charge in [0.25, 0.3) is 0 Å². The molecule has 0 aromatic heterocycles. The van der Waals surface area contributed by atoms with E-state index in [0.717, 1.165) is 11.3 Å². The Bertz CT molecular complexity index is 1810. The molecule has 0 saturated carbocycles. The third-order valence-corrected chi connectivity index (χ3v) is 9.88. The van der Waals surface area contributed by atoms with Crippen molar-refractivity contribution in [3.8, 4) is 34.5 Å². The van der Waals surface area contributed by atoms with E-state index in [2.05, 4.69) is 50.5 Å². The van der Waals surface area contributed by atoms with E-state index in [9.17, 15) is 14.5 Å². The van der Waals surface area contributed by atoms with Crippen LogP contribution < -0.4 is 28.6 Å². The number of carbonyl (C=O) groups is 1. The number of amides is 1. The lowest BCUT2D eigenvalue weighted by atomic mass is 10.0. The number of methoxy groups -OCH3 is 1. The van der Waals surface area contributed by atoms with Crippen LogP contribution in [0, 0.1) is 7.14 Å². The lowest BCUT2D eigenvalue weighted by Gasteiger charge is -2.29. The summed E-state index contributed by atoms with van der Waals surface area (Å²) >= 11 is 4.28. The van der Waals surface area contributed by atoms with Crippen LogP contribution >= 0.6 is 53.0 Å². The first kappa shape index (κ1) is 36.3. The molecule has 0 fully saturated rings. The van der Waals surface area contributed by atoms with Crippen LogP contribution in [0.3, 0.4) is 0 Å². The Balaban J connectivity index is 1.37. The Morgan fingerprint density at radius 3 is 1.78 bits per heavy atom. The van der Waals surface area contributed by atoms with Gasteiger partial charge >= 0.3 is 13.9 Å². The van der Waals surface area contributed by atoms with E-state index in [-0.39, 0.29) is 11.5 Å². The molecule has 2 unspecified atom stereocenters. The average molecular weight is 907 g/mol. The summed E-state index contributed by atoms with van der Waals surface area (Å²) in [4.78, 5) is 11.7. The lowest BCUT2D eigenvalue weighted by Crippen LogP contribution is -2.37. The van der Waals surface area contributed by atoms with Crippen molar-refractivity contribution in [1.29, 1.82) is 0 Å². The van der Waals surface area contributed by atoms with Gasteiger partial charge in [-0.2, -0.15) is 0 Å². The Morgan fingerprint density at radius 2 is 1.27 bits per heavy atom. The molecule has 2 N–H and O–H groups in total. The zero-order chi connectivity index (χ0) is 34.8. The summed E-state index contributed by atoms with van der Waals surface area (Å²) in [6, 6.07) is 34.6. The van der Waals surface area contributed by atoms with Crippen LogP contribution in [0.25, 0.3) is 0 Å². The number of para-hydroxylation sites is 2. The molecule has 0 aliphatic rings. The van der Waals surface area contributed by atoms with Crippen LogP contribution in [0.1, 0.15) is 24.2 Å². The SMILES string of the molecule is COc1ccc(COc2ccc(Oc3c(I)cc(C(OP(=O)(Oc4ccccc4)Oc4ccccc4)C(C)NC(=O)O)cc3I)cc2)cc1. The minimum Gasteiger partial charge on any atom is -0.497 e. The van der Waals surface area contributed by atoms with Gasteiger partial charge in [0.15, 0.2) is 5.75 Å². The van der Waals surface area contributed by atoms with E-state index in [1.54, 1.807) is 86.8 Å². The molecular formula is C36H32I2NO9P. The highest BCUT2D eigenvalue weighted by Crippen LogP contribution is 2.54. The fraction of sp³-hybridized carbons (Fsp3) is 0.139. The highest BCUT2D eigenvalue weighted by molar-refractivity contribution is 14.1. The number of nitrogens with one attached hydrogen (secondary N) is 1. The van der Waals surface area contributed by atoms with Crippen molar-refractivity contribution in [2.75, 3.05) is 7.11 Å². The highest BCUT2D eigenvalue weighted by atomic mass is 127. The first-order valence-electron chi connectivity index (χ1n) is 14.9. The summed E-state index contributed by atoms with van der Waals surface area (Å²) in [5.74, 6) is 3.15. The second-order valence-corrected chi connectivity index (χ2v) is 14.3. The summed E-state index contributed by atoms with van der Waals surface area (Å²) in [5.41, 5.74) is 1.54. The molecule has 5 rings (SSSR count). The number of hydrogen-bond acceptors (Lipinski definition) is 8. The van der Waals surface area contributed by atoms with E-state index in [1.807, 2.05) is 48.5 Å². The fourth-order valence-corrected chi connectivity index (χ4v) is 8.09. The van der Waals surface area contributed by atoms with Gasteiger partial charge in [0, 0.05) is 0 Å². The van der Waals surface area contributed by atoms with Gasteiger partial charge in [-0.25, -0.2) is 9.36 Å². The molecule has 5 aromatic rings. The Kier molecular flexibility index (Phi) is 12.7. The highest BCUT2D eigenvalue weighted by Gasteiger charge is 2.38. The number of hydrogen-bond donors (Lipinski definition) is 2. The van der Waals surface area contributed by atoms with E-state index in [4.69, 9.17) is 27.8 Å². The Labute approximate surface area is 311 Å². The minimum absolute atomic E-state index is 0.254. The molecular weight excluding hydrogens is 875 g/mol. The van der Waals surface area contributed by atoms with Crippen molar-refractivity contribution in [3.05, 3.63) is 140 Å². The fourth-order valence-electron chi connectivity index (χ4n) is 4.58. The number of rotatable bonds is 15. The van der Waals surface area contributed by atoms with Gasteiger partial charge in [0.05, 0.1) is 20.3 Å². The van der Waals surface area contributed by atoms with Gasteiger partial charge in [-0.1, -0.05) is 48.5 Å². The standard InChI is InChI=1S/C36H32I2NO9P/c1-24(39-36(40)41)34(48-49(42,46-30-9-5-3-6-10-30)47-31-11-7-4-8-12-31)26-21-32(37)35(33(38)22-26)45-29-19-17-28(18-20-29)44-23-25-13-15-27(43-2)16-14-25/h3-22,24,34,39H,23H2,1-2H3,(H,40,41). The number of halogens is 2. The van der Waals surface area contributed by atoms with Crippen LogP contribution in [-0.2, 0) is 15.7 Å². The maximum Gasteiger partial charge on any atom is 0.588 e. The number of phosphoric acid groups is 1. The largest absolute Gasteiger partial charge is 0.588 e. The normalized spacial score (nSPS) is 12.3. The molecule has 2 atom stereocenters. The molecule has 10 nitrogen and oxygen atoms in total. The second kappa shape index (κ2) is 17.1. The molecule has 0 spiro atoms. The number of carboxylic acid groups (broad SMARTS) is 1. The molecule has 0 aliphatic heterocycles. The molecule has 0 radical (unpaired) electrons. The smallest absolute Gasteiger partial charge is 0.497 e. The summed E-state index contributed by atoms with van der Waals surface area (Å²) in [5, 5.41) is 12.0. The van der Waals surface area contributed by atoms with Crippen LogP contribution in [-0.4, -0.2) is 24.4 Å². The quantitative estimate of drug-likeness (QED) is 0.0781. The summed E-state index contributed by atoms with van der Waals surface area (Å²) in [6.45, 7) is 2.01. The molecule has 13 heteroatoms. The molecule has 0 heterocycles. The molecule has 49 heavy (non-hydrogen) atoms. The summed E-state index contributed by atoms with van der Waals surface area (Å²) in [6.07, 6.45) is -2.36. The third-order valence-electron chi connectivity index (χ3n) is 6.93.